The minimum absolute atomic E-state index is 0.0752. The van der Waals surface area contributed by atoms with Crippen LogP contribution >= 0.6 is 0 Å². The van der Waals surface area contributed by atoms with E-state index < -0.39 is 0 Å². The highest BCUT2D eigenvalue weighted by atomic mass is 16.2. The maximum absolute atomic E-state index is 12.0. The molecule has 0 bridgehead atoms. The van der Waals surface area contributed by atoms with E-state index >= 15 is 0 Å². The van der Waals surface area contributed by atoms with Gasteiger partial charge in [-0.15, -0.1) is 0 Å². The van der Waals surface area contributed by atoms with Crippen LogP contribution in [0.15, 0.2) is 0 Å². The minimum Gasteiger partial charge on any atom is -0.354 e. The molecular formula is C15H29N3O2. The first-order valence-electron chi connectivity index (χ1n) is 7.59. The Morgan fingerprint density at radius 2 is 2.15 bits per heavy atom. The van der Waals surface area contributed by atoms with Crippen LogP contribution < -0.4 is 16.4 Å². The number of hydrogen-bond acceptors (Lipinski definition) is 3. The van der Waals surface area contributed by atoms with Crippen LogP contribution in [0.1, 0.15) is 52.9 Å². The summed E-state index contributed by atoms with van der Waals surface area (Å²) in [5.74, 6) is 0.618. The highest BCUT2D eigenvalue weighted by Gasteiger charge is 2.25. The summed E-state index contributed by atoms with van der Waals surface area (Å²) >= 11 is 0. The number of amides is 2. The van der Waals surface area contributed by atoms with Crippen molar-refractivity contribution in [3.8, 4) is 0 Å². The van der Waals surface area contributed by atoms with Crippen LogP contribution in [-0.4, -0.2) is 30.9 Å². The van der Waals surface area contributed by atoms with Gasteiger partial charge in [-0.1, -0.05) is 20.8 Å². The fourth-order valence-electron chi connectivity index (χ4n) is 2.67. The van der Waals surface area contributed by atoms with E-state index in [9.17, 15) is 9.59 Å². The van der Waals surface area contributed by atoms with Crippen molar-refractivity contribution in [1.82, 2.24) is 10.6 Å². The van der Waals surface area contributed by atoms with Gasteiger partial charge in [-0.3, -0.25) is 9.59 Å². The molecule has 0 spiro atoms. The van der Waals surface area contributed by atoms with Gasteiger partial charge in [0.2, 0.25) is 11.8 Å². The Morgan fingerprint density at radius 1 is 1.45 bits per heavy atom. The molecule has 0 aromatic carbocycles. The second kappa shape index (κ2) is 7.62. The van der Waals surface area contributed by atoms with Crippen LogP contribution in [0.4, 0.5) is 0 Å². The molecule has 0 aromatic rings. The molecule has 20 heavy (non-hydrogen) atoms. The Balaban J connectivity index is 2.32. The van der Waals surface area contributed by atoms with E-state index in [2.05, 4.69) is 31.4 Å². The summed E-state index contributed by atoms with van der Waals surface area (Å²) in [5, 5.41) is 5.78. The Labute approximate surface area is 122 Å². The lowest BCUT2D eigenvalue weighted by Crippen LogP contribution is -2.47. The van der Waals surface area contributed by atoms with E-state index in [1.54, 1.807) is 0 Å². The highest BCUT2D eigenvalue weighted by Crippen LogP contribution is 2.32. The van der Waals surface area contributed by atoms with E-state index in [4.69, 9.17) is 5.73 Å². The fourth-order valence-corrected chi connectivity index (χ4v) is 2.67. The van der Waals surface area contributed by atoms with Crippen molar-refractivity contribution >= 4 is 11.8 Å². The zero-order chi connectivity index (χ0) is 15.2. The van der Waals surface area contributed by atoms with Crippen molar-refractivity contribution in [3.63, 3.8) is 0 Å². The van der Waals surface area contributed by atoms with Crippen molar-refractivity contribution in [2.24, 2.45) is 17.1 Å². The first-order valence-corrected chi connectivity index (χ1v) is 7.59. The average molecular weight is 283 g/mol. The number of rotatable bonds is 6. The van der Waals surface area contributed by atoms with E-state index in [1.165, 1.54) is 0 Å². The van der Waals surface area contributed by atoms with E-state index in [0.717, 1.165) is 19.3 Å². The molecule has 4 N–H and O–H groups in total. The number of carbonyl (C=O) groups is 2. The lowest BCUT2D eigenvalue weighted by atomic mass is 9.76. The third kappa shape index (κ3) is 5.90. The Kier molecular flexibility index (Phi) is 6.46. The maximum atomic E-state index is 12.0. The third-order valence-electron chi connectivity index (χ3n) is 4.09. The second-order valence-electron chi connectivity index (χ2n) is 6.79. The standard InChI is InChI=1S/C15H29N3O2/c1-15(2,3)11(8-9-16)4-6-14(20)18-12-5-7-13(19)17-10-12/h11-12H,4-10,16H2,1-3H3,(H,17,19)(H,18,20). The first kappa shape index (κ1) is 17.0. The van der Waals surface area contributed by atoms with E-state index in [0.29, 0.717) is 31.8 Å². The molecule has 1 fully saturated rings. The van der Waals surface area contributed by atoms with Gasteiger partial charge in [-0.2, -0.15) is 0 Å². The fraction of sp³-hybridized carbons (Fsp3) is 0.867. The lowest BCUT2D eigenvalue weighted by Gasteiger charge is -2.31. The highest BCUT2D eigenvalue weighted by molar-refractivity contribution is 5.78. The SMILES string of the molecule is CC(C)(C)C(CCN)CCC(=O)NC1CCC(=O)NC1. The van der Waals surface area contributed by atoms with Gasteiger partial charge in [0.05, 0.1) is 0 Å². The number of hydrogen-bond donors (Lipinski definition) is 3. The molecule has 0 saturated carbocycles. The molecule has 2 atom stereocenters. The second-order valence-corrected chi connectivity index (χ2v) is 6.79. The summed E-state index contributed by atoms with van der Waals surface area (Å²) in [7, 11) is 0. The average Bonchev–Trinajstić information content (AvgIpc) is 2.36. The summed E-state index contributed by atoms with van der Waals surface area (Å²) in [6, 6.07) is 0.0859. The third-order valence-corrected chi connectivity index (χ3v) is 4.09. The van der Waals surface area contributed by atoms with Gasteiger partial charge in [0.1, 0.15) is 0 Å². The first-order chi connectivity index (χ1) is 9.32. The number of piperidine rings is 1. The summed E-state index contributed by atoms with van der Waals surface area (Å²) in [5.41, 5.74) is 5.83. The molecule has 1 heterocycles. The quantitative estimate of drug-likeness (QED) is 0.684. The van der Waals surface area contributed by atoms with Crippen molar-refractivity contribution in [1.29, 1.82) is 0 Å². The summed E-state index contributed by atoms with van der Waals surface area (Å²) in [6.45, 7) is 7.81. The monoisotopic (exact) mass is 283 g/mol. The van der Waals surface area contributed by atoms with Crippen molar-refractivity contribution in [3.05, 3.63) is 0 Å². The van der Waals surface area contributed by atoms with Crippen LogP contribution in [0, 0.1) is 11.3 Å². The minimum atomic E-state index is 0.0752. The topological polar surface area (TPSA) is 84.2 Å². The zero-order valence-electron chi connectivity index (χ0n) is 13.0. The number of nitrogens with one attached hydrogen (secondary N) is 2. The van der Waals surface area contributed by atoms with E-state index in [1.807, 2.05) is 0 Å². The van der Waals surface area contributed by atoms with Crippen molar-refractivity contribution in [2.45, 2.75) is 58.9 Å². The summed E-state index contributed by atoms with van der Waals surface area (Å²) in [6.07, 6.45) is 3.60. The van der Waals surface area contributed by atoms with Gasteiger partial charge in [0, 0.05) is 25.4 Å². The predicted octanol–water partition coefficient (Wildman–Crippen LogP) is 1.17. The molecule has 5 nitrogen and oxygen atoms in total. The lowest BCUT2D eigenvalue weighted by molar-refractivity contribution is -0.125. The molecule has 0 aromatic heterocycles. The Bertz CT molecular complexity index is 327. The van der Waals surface area contributed by atoms with Crippen LogP contribution in [0.5, 0.6) is 0 Å². The van der Waals surface area contributed by atoms with Crippen LogP contribution in [0.3, 0.4) is 0 Å². The van der Waals surface area contributed by atoms with E-state index in [-0.39, 0.29) is 23.3 Å². The number of nitrogens with two attached hydrogens (primary N) is 1. The molecular weight excluding hydrogens is 254 g/mol. The van der Waals surface area contributed by atoms with Crippen LogP contribution in [0.2, 0.25) is 0 Å². The molecule has 116 valence electrons. The Morgan fingerprint density at radius 3 is 2.65 bits per heavy atom. The molecule has 1 saturated heterocycles. The summed E-state index contributed by atoms with van der Waals surface area (Å²) in [4.78, 5) is 23.0. The molecule has 1 rings (SSSR count). The predicted molar refractivity (Wildman–Crippen MR) is 80.0 cm³/mol. The molecule has 0 aliphatic carbocycles. The molecule has 1 aliphatic rings. The van der Waals surface area contributed by atoms with Gasteiger partial charge in [0.25, 0.3) is 0 Å². The smallest absolute Gasteiger partial charge is 0.220 e. The number of carbonyl (C=O) groups excluding carboxylic acids is 2. The van der Waals surface area contributed by atoms with Crippen molar-refractivity contribution < 1.29 is 9.59 Å². The molecule has 1 aliphatic heterocycles. The van der Waals surface area contributed by atoms with Crippen molar-refractivity contribution in [2.75, 3.05) is 13.1 Å². The molecule has 0 radical (unpaired) electrons. The van der Waals surface area contributed by atoms with Gasteiger partial charge in [-0.25, -0.2) is 0 Å². The van der Waals surface area contributed by atoms with Crippen LogP contribution in [0.25, 0.3) is 0 Å². The van der Waals surface area contributed by atoms with Gasteiger partial charge >= 0.3 is 0 Å². The molecule has 2 unspecified atom stereocenters. The normalized spacial score (nSPS) is 21.2. The largest absolute Gasteiger partial charge is 0.354 e. The van der Waals surface area contributed by atoms with Gasteiger partial charge < -0.3 is 16.4 Å². The Hall–Kier alpha value is -1.10. The zero-order valence-corrected chi connectivity index (χ0v) is 13.0. The molecule has 2 amide bonds. The van der Waals surface area contributed by atoms with Gasteiger partial charge in [-0.05, 0) is 37.1 Å². The van der Waals surface area contributed by atoms with Crippen LogP contribution in [-0.2, 0) is 9.59 Å². The van der Waals surface area contributed by atoms with Gasteiger partial charge in [0.15, 0.2) is 0 Å². The summed E-state index contributed by atoms with van der Waals surface area (Å²) < 4.78 is 0. The molecule has 5 heteroatoms. The maximum Gasteiger partial charge on any atom is 0.220 e.